The minimum Gasteiger partial charge on any atom is -0.298 e. The van der Waals surface area contributed by atoms with Gasteiger partial charge in [-0.25, -0.2) is 0 Å². The van der Waals surface area contributed by atoms with Gasteiger partial charge < -0.3 is 0 Å². The van der Waals surface area contributed by atoms with Crippen LogP contribution in [0, 0.1) is 0 Å². The first-order chi connectivity index (χ1) is 13.3. The molecule has 27 heavy (non-hydrogen) atoms. The van der Waals surface area contributed by atoms with Crippen molar-refractivity contribution < 1.29 is 0 Å². The number of piperidine rings is 1. The first-order valence-electron chi connectivity index (χ1n) is 9.22. The predicted octanol–water partition coefficient (Wildman–Crippen LogP) is 2.97. The van der Waals surface area contributed by atoms with Crippen LogP contribution in [0.4, 0.5) is 0 Å². The Morgan fingerprint density at radius 1 is 1.15 bits per heavy atom. The fourth-order valence-corrected chi connectivity index (χ4v) is 4.49. The molecule has 1 saturated heterocycles. The number of nitrogens with zero attached hydrogens (tertiary/aromatic N) is 7. The zero-order valence-electron chi connectivity index (χ0n) is 15.2. The van der Waals surface area contributed by atoms with Crippen molar-refractivity contribution in [3.8, 4) is 11.3 Å². The van der Waals surface area contributed by atoms with Crippen LogP contribution in [0.3, 0.4) is 0 Å². The molecule has 0 aliphatic carbocycles. The van der Waals surface area contributed by atoms with E-state index in [4.69, 9.17) is 5.10 Å². The van der Waals surface area contributed by atoms with E-state index in [0.29, 0.717) is 5.92 Å². The van der Waals surface area contributed by atoms with Crippen molar-refractivity contribution in [2.75, 3.05) is 13.1 Å². The van der Waals surface area contributed by atoms with Crippen molar-refractivity contribution in [1.29, 1.82) is 0 Å². The van der Waals surface area contributed by atoms with Crippen LogP contribution in [0.1, 0.15) is 29.5 Å². The lowest BCUT2D eigenvalue weighted by Gasteiger charge is -2.30. The van der Waals surface area contributed by atoms with Gasteiger partial charge >= 0.3 is 0 Å². The standard InChI is InChI=1S/C19H21N7S/c1-24-12-15(11-20-24)17-4-5-18-21-22-19(26(18)23-17)14-6-8-25(9-7-14)13-16-3-2-10-27-16/h2-5,10-12,14H,6-9,13H2,1H3. The average molecular weight is 379 g/mol. The number of hydrogen-bond acceptors (Lipinski definition) is 6. The summed E-state index contributed by atoms with van der Waals surface area (Å²) in [4.78, 5) is 3.96. The van der Waals surface area contributed by atoms with Crippen molar-refractivity contribution in [2.45, 2.75) is 25.3 Å². The molecule has 0 saturated carbocycles. The Kier molecular flexibility index (Phi) is 4.21. The topological polar surface area (TPSA) is 64.1 Å². The molecule has 7 nitrogen and oxygen atoms in total. The normalized spacial score (nSPS) is 16.3. The van der Waals surface area contributed by atoms with E-state index in [2.05, 4.69) is 37.7 Å². The van der Waals surface area contributed by atoms with E-state index in [-0.39, 0.29) is 0 Å². The third-order valence-corrected chi connectivity index (χ3v) is 6.06. The second-order valence-electron chi connectivity index (χ2n) is 7.08. The van der Waals surface area contributed by atoms with Gasteiger partial charge in [-0.1, -0.05) is 6.07 Å². The highest BCUT2D eigenvalue weighted by molar-refractivity contribution is 7.09. The van der Waals surface area contributed by atoms with Crippen LogP contribution in [-0.4, -0.2) is 47.6 Å². The highest BCUT2D eigenvalue weighted by Crippen LogP contribution is 2.28. The van der Waals surface area contributed by atoms with Gasteiger partial charge in [0.15, 0.2) is 11.5 Å². The van der Waals surface area contributed by atoms with Crippen molar-refractivity contribution in [2.24, 2.45) is 7.05 Å². The Morgan fingerprint density at radius 3 is 2.78 bits per heavy atom. The van der Waals surface area contributed by atoms with Gasteiger partial charge in [-0.15, -0.1) is 21.5 Å². The number of hydrogen-bond donors (Lipinski definition) is 0. The zero-order valence-corrected chi connectivity index (χ0v) is 16.0. The summed E-state index contributed by atoms with van der Waals surface area (Å²) in [5.74, 6) is 1.38. The first kappa shape index (κ1) is 16.6. The van der Waals surface area contributed by atoms with Gasteiger partial charge in [0.2, 0.25) is 0 Å². The zero-order chi connectivity index (χ0) is 18.2. The minimum atomic E-state index is 0.399. The first-order valence-corrected chi connectivity index (χ1v) is 10.1. The molecule has 138 valence electrons. The molecule has 0 radical (unpaired) electrons. The summed E-state index contributed by atoms with van der Waals surface area (Å²) >= 11 is 1.83. The average Bonchev–Trinajstić information content (AvgIpc) is 3.43. The van der Waals surface area contributed by atoms with Crippen molar-refractivity contribution >= 4 is 17.0 Å². The van der Waals surface area contributed by atoms with Gasteiger partial charge in [0.25, 0.3) is 0 Å². The van der Waals surface area contributed by atoms with E-state index in [0.717, 1.165) is 55.2 Å². The molecule has 0 amide bonds. The monoisotopic (exact) mass is 379 g/mol. The molecule has 0 N–H and O–H groups in total. The van der Waals surface area contributed by atoms with Crippen molar-refractivity contribution in [1.82, 2.24) is 34.5 Å². The highest BCUT2D eigenvalue weighted by atomic mass is 32.1. The SMILES string of the molecule is Cn1cc(-c2ccc3nnc(C4CCN(Cc5cccs5)CC4)n3n2)cn1. The van der Waals surface area contributed by atoms with Crippen LogP contribution in [0.5, 0.6) is 0 Å². The molecule has 1 fully saturated rings. The van der Waals surface area contributed by atoms with Gasteiger partial charge in [0, 0.05) is 36.1 Å². The lowest BCUT2D eigenvalue weighted by atomic mass is 9.96. The molecule has 0 unspecified atom stereocenters. The summed E-state index contributed by atoms with van der Waals surface area (Å²) < 4.78 is 3.71. The Labute approximate surface area is 161 Å². The van der Waals surface area contributed by atoms with Crippen molar-refractivity contribution in [3.63, 3.8) is 0 Å². The molecule has 5 heterocycles. The fourth-order valence-electron chi connectivity index (χ4n) is 3.74. The van der Waals surface area contributed by atoms with Gasteiger partial charge in [-0.2, -0.15) is 14.7 Å². The van der Waals surface area contributed by atoms with Gasteiger partial charge in [-0.3, -0.25) is 9.58 Å². The van der Waals surface area contributed by atoms with Crippen LogP contribution in [-0.2, 0) is 13.6 Å². The second-order valence-corrected chi connectivity index (χ2v) is 8.11. The van der Waals surface area contributed by atoms with Gasteiger partial charge in [0.05, 0.1) is 11.9 Å². The molecule has 1 aliphatic heterocycles. The maximum atomic E-state index is 4.80. The Balaban J connectivity index is 1.36. The van der Waals surface area contributed by atoms with Crippen LogP contribution in [0.2, 0.25) is 0 Å². The summed E-state index contributed by atoms with van der Waals surface area (Å²) in [5.41, 5.74) is 2.70. The molecule has 0 bridgehead atoms. The Bertz CT molecular complexity index is 1040. The van der Waals surface area contributed by atoms with E-state index in [1.165, 1.54) is 4.88 Å². The van der Waals surface area contributed by atoms with Crippen LogP contribution >= 0.6 is 11.3 Å². The number of aromatic nitrogens is 6. The minimum absolute atomic E-state index is 0.399. The van der Waals surface area contributed by atoms with E-state index < -0.39 is 0 Å². The molecule has 8 heteroatoms. The van der Waals surface area contributed by atoms with Crippen LogP contribution < -0.4 is 0 Å². The molecule has 1 aliphatic rings. The summed E-state index contributed by atoms with van der Waals surface area (Å²) in [6.07, 6.45) is 5.98. The van der Waals surface area contributed by atoms with Crippen LogP contribution in [0.15, 0.2) is 42.0 Å². The molecule has 4 aromatic heterocycles. The Hall–Kier alpha value is -2.58. The third kappa shape index (κ3) is 3.26. The number of fused-ring (bicyclic) bond motifs is 1. The summed E-state index contributed by atoms with van der Waals surface area (Å²) in [5, 5.41) is 20.0. The summed E-state index contributed by atoms with van der Waals surface area (Å²) in [6.45, 7) is 3.22. The number of aryl methyl sites for hydroxylation is 1. The van der Waals surface area contributed by atoms with Gasteiger partial charge in [0.1, 0.15) is 0 Å². The predicted molar refractivity (Wildman–Crippen MR) is 105 cm³/mol. The molecular formula is C19H21N7S. The Morgan fingerprint density at radius 2 is 2.04 bits per heavy atom. The lowest BCUT2D eigenvalue weighted by Crippen LogP contribution is -2.32. The summed E-state index contributed by atoms with van der Waals surface area (Å²) in [7, 11) is 1.91. The van der Waals surface area contributed by atoms with E-state index >= 15 is 0 Å². The lowest BCUT2D eigenvalue weighted by molar-refractivity contribution is 0.202. The van der Waals surface area contributed by atoms with Gasteiger partial charge in [-0.05, 0) is 49.5 Å². The van der Waals surface area contributed by atoms with Crippen molar-refractivity contribution in [3.05, 3.63) is 52.7 Å². The third-order valence-electron chi connectivity index (χ3n) is 5.20. The van der Waals surface area contributed by atoms with E-state index in [9.17, 15) is 0 Å². The quantitative estimate of drug-likeness (QED) is 0.545. The molecular weight excluding hydrogens is 358 g/mol. The molecule has 4 aromatic rings. The molecule has 0 atom stereocenters. The second kappa shape index (κ2) is 6.86. The summed E-state index contributed by atoms with van der Waals surface area (Å²) in [6, 6.07) is 8.31. The maximum absolute atomic E-state index is 4.80. The smallest absolute Gasteiger partial charge is 0.177 e. The number of thiophene rings is 1. The largest absolute Gasteiger partial charge is 0.298 e. The molecule has 0 aromatic carbocycles. The van der Waals surface area contributed by atoms with E-state index in [1.54, 1.807) is 4.68 Å². The fraction of sp³-hybridized carbons (Fsp3) is 0.368. The van der Waals surface area contributed by atoms with Crippen LogP contribution in [0.25, 0.3) is 16.9 Å². The highest BCUT2D eigenvalue weighted by Gasteiger charge is 2.25. The number of likely N-dealkylation sites (tertiary alicyclic amines) is 1. The van der Waals surface area contributed by atoms with E-state index in [1.807, 2.05) is 47.4 Å². The number of rotatable bonds is 4. The molecule has 5 rings (SSSR count). The maximum Gasteiger partial charge on any atom is 0.177 e. The molecule has 0 spiro atoms.